The Morgan fingerprint density at radius 1 is 1.24 bits per heavy atom. The molecular formula is C12H7ClF3N3O2. The normalized spacial score (nSPS) is 11.2. The Balaban J connectivity index is 2.26. The Morgan fingerprint density at radius 2 is 1.95 bits per heavy atom. The third kappa shape index (κ3) is 3.60. The molecule has 0 bridgehead atoms. The fourth-order valence-corrected chi connectivity index (χ4v) is 1.71. The highest BCUT2D eigenvalue weighted by Crippen LogP contribution is 2.36. The summed E-state index contributed by atoms with van der Waals surface area (Å²) in [6.45, 7) is 0. The summed E-state index contributed by atoms with van der Waals surface area (Å²) >= 11 is 5.47. The van der Waals surface area contributed by atoms with E-state index in [1.54, 1.807) is 0 Å². The molecule has 9 heteroatoms. The quantitative estimate of drug-likeness (QED) is 0.894. The van der Waals surface area contributed by atoms with Crippen molar-refractivity contribution in [2.75, 3.05) is 5.32 Å². The number of aromatic nitrogens is 2. The van der Waals surface area contributed by atoms with Crippen molar-refractivity contribution in [3.05, 3.63) is 57.0 Å². The number of hydrogen-bond acceptors (Lipinski definition) is 3. The van der Waals surface area contributed by atoms with Crippen LogP contribution in [0.5, 0.6) is 0 Å². The maximum Gasteiger partial charge on any atom is 0.417 e. The number of alkyl halides is 3. The Bertz CT molecular complexity index is 723. The molecule has 0 saturated heterocycles. The van der Waals surface area contributed by atoms with Gasteiger partial charge in [-0.3, -0.25) is 9.59 Å². The predicted molar refractivity (Wildman–Crippen MR) is 69.3 cm³/mol. The molecule has 110 valence electrons. The summed E-state index contributed by atoms with van der Waals surface area (Å²) in [6, 6.07) is 5.19. The van der Waals surface area contributed by atoms with E-state index in [0.29, 0.717) is 6.07 Å². The average Bonchev–Trinajstić information content (AvgIpc) is 2.40. The molecule has 0 spiro atoms. The van der Waals surface area contributed by atoms with Crippen LogP contribution in [0.2, 0.25) is 5.02 Å². The van der Waals surface area contributed by atoms with Gasteiger partial charge < -0.3 is 5.32 Å². The Morgan fingerprint density at radius 3 is 2.52 bits per heavy atom. The predicted octanol–water partition coefficient (Wildman–Crippen LogP) is 2.69. The van der Waals surface area contributed by atoms with Gasteiger partial charge in [-0.2, -0.15) is 18.3 Å². The van der Waals surface area contributed by atoms with Crippen LogP contribution in [-0.2, 0) is 6.18 Å². The number of amides is 1. The van der Waals surface area contributed by atoms with Crippen LogP contribution in [0.15, 0.2) is 35.1 Å². The molecule has 1 heterocycles. The number of nitrogens with one attached hydrogen (secondary N) is 2. The monoisotopic (exact) mass is 317 g/mol. The molecule has 5 nitrogen and oxygen atoms in total. The Labute approximate surface area is 120 Å². The molecule has 0 aliphatic heterocycles. The molecule has 0 aliphatic rings. The molecule has 2 aromatic rings. The van der Waals surface area contributed by atoms with Crippen LogP contribution >= 0.6 is 11.6 Å². The lowest BCUT2D eigenvalue weighted by atomic mass is 10.2. The Kier molecular flexibility index (Phi) is 3.99. The van der Waals surface area contributed by atoms with E-state index in [1.165, 1.54) is 6.07 Å². The van der Waals surface area contributed by atoms with Crippen molar-refractivity contribution in [3.63, 3.8) is 0 Å². The van der Waals surface area contributed by atoms with E-state index >= 15 is 0 Å². The molecular weight excluding hydrogens is 311 g/mol. The second kappa shape index (κ2) is 5.57. The zero-order valence-electron chi connectivity index (χ0n) is 10.2. The van der Waals surface area contributed by atoms with Crippen molar-refractivity contribution in [2.45, 2.75) is 6.18 Å². The highest BCUT2D eigenvalue weighted by Gasteiger charge is 2.33. The van der Waals surface area contributed by atoms with Crippen LogP contribution in [0, 0.1) is 0 Å². The number of hydrogen-bond donors (Lipinski definition) is 2. The van der Waals surface area contributed by atoms with Gasteiger partial charge >= 0.3 is 6.18 Å². The molecule has 0 radical (unpaired) electrons. The van der Waals surface area contributed by atoms with Crippen LogP contribution < -0.4 is 10.9 Å². The molecule has 1 amide bonds. The summed E-state index contributed by atoms with van der Waals surface area (Å²) in [4.78, 5) is 22.6. The molecule has 1 aromatic carbocycles. The van der Waals surface area contributed by atoms with Gasteiger partial charge in [0.2, 0.25) is 0 Å². The minimum Gasteiger partial charge on any atom is -0.321 e. The minimum atomic E-state index is -4.63. The van der Waals surface area contributed by atoms with Crippen LogP contribution in [0.4, 0.5) is 18.9 Å². The average molecular weight is 318 g/mol. The van der Waals surface area contributed by atoms with Gasteiger partial charge in [-0.25, -0.2) is 5.10 Å². The largest absolute Gasteiger partial charge is 0.417 e. The maximum atomic E-state index is 12.7. The lowest BCUT2D eigenvalue weighted by Gasteiger charge is -2.11. The highest BCUT2D eigenvalue weighted by molar-refractivity contribution is 6.31. The lowest BCUT2D eigenvalue weighted by Crippen LogP contribution is -2.18. The third-order valence-corrected chi connectivity index (χ3v) is 2.77. The molecule has 1 aromatic heterocycles. The van der Waals surface area contributed by atoms with Gasteiger partial charge in [0.15, 0.2) is 0 Å². The topological polar surface area (TPSA) is 74.8 Å². The van der Waals surface area contributed by atoms with Gasteiger partial charge in [-0.15, -0.1) is 0 Å². The van der Waals surface area contributed by atoms with E-state index in [9.17, 15) is 22.8 Å². The van der Waals surface area contributed by atoms with Crippen LogP contribution in [-0.4, -0.2) is 16.1 Å². The van der Waals surface area contributed by atoms with Crippen molar-refractivity contribution in [1.29, 1.82) is 0 Å². The van der Waals surface area contributed by atoms with Crippen LogP contribution in [0.25, 0.3) is 0 Å². The van der Waals surface area contributed by atoms with Crippen molar-refractivity contribution in [2.24, 2.45) is 0 Å². The van der Waals surface area contributed by atoms with Crippen LogP contribution in [0.3, 0.4) is 0 Å². The van der Waals surface area contributed by atoms with Gasteiger partial charge in [0, 0.05) is 11.8 Å². The van der Waals surface area contributed by atoms with Crippen molar-refractivity contribution in [3.8, 4) is 0 Å². The molecule has 0 saturated carbocycles. The zero-order chi connectivity index (χ0) is 15.6. The first kappa shape index (κ1) is 15.0. The standard InChI is InChI=1S/C12H7ClF3N3O2/c13-8-2-1-6(5-7(8)12(14,15)16)17-11(21)9-3-4-10(20)19-18-9/h1-5H,(H,17,21)(H,19,20). The van der Waals surface area contributed by atoms with E-state index in [4.69, 9.17) is 11.6 Å². The Hall–Kier alpha value is -2.35. The van der Waals surface area contributed by atoms with Gasteiger partial charge in [0.25, 0.3) is 11.5 Å². The zero-order valence-corrected chi connectivity index (χ0v) is 10.9. The third-order valence-electron chi connectivity index (χ3n) is 2.44. The number of rotatable bonds is 2. The second-order valence-corrected chi connectivity index (χ2v) is 4.36. The first-order valence-electron chi connectivity index (χ1n) is 5.51. The summed E-state index contributed by atoms with van der Waals surface area (Å²) in [5.41, 5.74) is -1.79. The number of nitrogens with zero attached hydrogens (tertiary/aromatic N) is 1. The summed E-state index contributed by atoms with van der Waals surface area (Å²) in [5, 5.41) is 7.27. The van der Waals surface area contributed by atoms with Crippen molar-refractivity contribution in [1.82, 2.24) is 10.2 Å². The summed E-state index contributed by atoms with van der Waals surface area (Å²) in [5.74, 6) is -0.762. The van der Waals surface area contributed by atoms with E-state index in [-0.39, 0.29) is 11.4 Å². The SMILES string of the molecule is O=C(Nc1ccc(Cl)c(C(F)(F)F)c1)c1ccc(=O)[nH]n1. The number of carbonyl (C=O) groups excluding carboxylic acids is 1. The van der Waals surface area contributed by atoms with Gasteiger partial charge in [-0.1, -0.05) is 11.6 Å². The second-order valence-electron chi connectivity index (χ2n) is 3.95. The fourth-order valence-electron chi connectivity index (χ4n) is 1.49. The van der Waals surface area contributed by atoms with Crippen molar-refractivity contribution >= 4 is 23.2 Å². The number of anilines is 1. The molecule has 21 heavy (non-hydrogen) atoms. The molecule has 0 fully saturated rings. The van der Waals surface area contributed by atoms with Crippen molar-refractivity contribution < 1.29 is 18.0 Å². The number of carbonyl (C=O) groups is 1. The summed E-state index contributed by atoms with van der Waals surface area (Å²) in [7, 11) is 0. The molecule has 0 aliphatic carbocycles. The van der Waals surface area contributed by atoms with E-state index < -0.39 is 28.2 Å². The molecule has 2 rings (SSSR count). The number of benzene rings is 1. The number of aromatic amines is 1. The summed E-state index contributed by atoms with van der Waals surface area (Å²) in [6.07, 6.45) is -4.63. The van der Waals surface area contributed by atoms with Crippen LogP contribution in [0.1, 0.15) is 16.1 Å². The number of halogens is 4. The first-order chi connectivity index (χ1) is 9.77. The fraction of sp³-hybridized carbons (Fsp3) is 0.0833. The maximum absolute atomic E-state index is 12.7. The molecule has 0 atom stereocenters. The first-order valence-corrected chi connectivity index (χ1v) is 5.89. The number of H-pyrrole nitrogens is 1. The minimum absolute atomic E-state index is 0.0928. The summed E-state index contributed by atoms with van der Waals surface area (Å²) < 4.78 is 38.1. The van der Waals surface area contributed by atoms with E-state index in [1.807, 2.05) is 5.10 Å². The smallest absolute Gasteiger partial charge is 0.321 e. The van der Waals surface area contributed by atoms with Gasteiger partial charge in [-0.05, 0) is 24.3 Å². The lowest BCUT2D eigenvalue weighted by molar-refractivity contribution is -0.137. The van der Waals surface area contributed by atoms with E-state index in [2.05, 4.69) is 10.4 Å². The van der Waals surface area contributed by atoms with E-state index in [0.717, 1.165) is 18.2 Å². The highest BCUT2D eigenvalue weighted by atomic mass is 35.5. The molecule has 0 unspecified atom stereocenters. The van der Waals surface area contributed by atoms with Gasteiger partial charge in [0.1, 0.15) is 5.69 Å². The van der Waals surface area contributed by atoms with Gasteiger partial charge in [0.05, 0.1) is 10.6 Å². The molecule has 2 N–H and O–H groups in total.